The van der Waals surface area contributed by atoms with Crippen molar-refractivity contribution in [2.75, 3.05) is 0 Å². The zero-order chi connectivity index (χ0) is 14.3. The van der Waals surface area contributed by atoms with Gasteiger partial charge in [-0.3, -0.25) is 9.79 Å². The van der Waals surface area contributed by atoms with E-state index in [9.17, 15) is 9.18 Å². The van der Waals surface area contributed by atoms with Crippen LogP contribution in [0.25, 0.3) is 0 Å². The number of nitrogens with zero attached hydrogens (tertiary/aromatic N) is 3. The fourth-order valence-electron chi connectivity index (χ4n) is 2.18. The normalized spacial score (nSPS) is 21.1. The average Bonchev–Trinajstić information content (AvgIpc) is 2.84. The minimum Gasteiger partial charge on any atom is -0.305 e. The van der Waals surface area contributed by atoms with Crippen molar-refractivity contribution >= 4 is 23.2 Å². The number of hydrogen-bond acceptors (Lipinski definition) is 4. The number of amides is 1. The largest absolute Gasteiger partial charge is 0.305 e. The monoisotopic (exact) mass is 272 g/mol. The average molecular weight is 272 g/mol. The minimum absolute atomic E-state index is 0.158. The molecule has 0 aromatic heterocycles. The maximum absolute atomic E-state index is 12.9. The molecule has 0 saturated heterocycles. The van der Waals surface area contributed by atoms with Crippen molar-refractivity contribution in [3.05, 3.63) is 35.6 Å². The summed E-state index contributed by atoms with van der Waals surface area (Å²) in [7, 11) is 0. The van der Waals surface area contributed by atoms with Crippen LogP contribution in [0.1, 0.15) is 19.4 Å². The smallest absolute Gasteiger partial charge is 0.275 e. The first-order valence-corrected chi connectivity index (χ1v) is 6.36. The Morgan fingerprint density at radius 2 is 1.90 bits per heavy atom. The molecule has 1 aromatic rings. The van der Waals surface area contributed by atoms with Gasteiger partial charge in [0, 0.05) is 5.56 Å². The molecule has 0 fully saturated rings. The molecule has 1 unspecified atom stereocenters. The lowest BCUT2D eigenvalue weighted by Gasteiger charge is -2.21. The topological polar surface area (TPSA) is 66.2 Å². The first kappa shape index (κ1) is 12.7. The number of halogens is 1. The van der Waals surface area contributed by atoms with Gasteiger partial charge in [0.1, 0.15) is 17.7 Å². The van der Waals surface area contributed by atoms with Crippen LogP contribution in [-0.4, -0.2) is 29.2 Å². The van der Waals surface area contributed by atoms with Crippen molar-refractivity contribution in [2.45, 2.75) is 19.9 Å². The van der Waals surface area contributed by atoms with Crippen LogP contribution in [0.3, 0.4) is 0 Å². The van der Waals surface area contributed by atoms with E-state index in [1.165, 1.54) is 12.1 Å². The van der Waals surface area contributed by atoms with Crippen molar-refractivity contribution in [1.29, 1.82) is 0 Å². The Bertz CT molecular complexity index is 658. The molecule has 0 bridgehead atoms. The summed E-state index contributed by atoms with van der Waals surface area (Å²) in [5.41, 5.74) is 1.75. The Kier molecular flexibility index (Phi) is 2.93. The summed E-state index contributed by atoms with van der Waals surface area (Å²) in [5.74, 6) is -0.0488. The van der Waals surface area contributed by atoms with Crippen molar-refractivity contribution in [2.24, 2.45) is 21.1 Å². The Balaban J connectivity index is 1.99. The molecule has 1 N–H and O–H groups in total. The summed E-state index contributed by atoms with van der Waals surface area (Å²) < 4.78 is 12.9. The summed E-state index contributed by atoms with van der Waals surface area (Å²) in [6.07, 6.45) is 0. The van der Waals surface area contributed by atoms with Crippen molar-refractivity contribution in [3.63, 3.8) is 0 Å². The van der Waals surface area contributed by atoms with E-state index in [0.29, 0.717) is 17.1 Å². The molecule has 0 radical (unpaired) electrons. The van der Waals surface area contributed by atoms with Gasteiger partial charge in [0.15, 0.2) is 5.71 Å². The molecule has 1 aromatic carbocycles. The van der Waals surface area contributed by atoms with Gasteiger partial charge in [0.05, 0.1) is 5.71 Å². The highest BCUT2D eigenvalue weighted by atomic mass is 19.1. The molecule has 1 atom stereocenters. The minimum atomic E-state index is -0.427. The summed E-state index contributed by atoms with van der Waals surface area (Å²) in [6, 6.07) is 5.40. The molecular weight excluding hydrogens is 259 g/mol. The summed E-state index contributed by atoms with van der Waals surface area (Å²) >= 11 is 0. The summed E-state index contributed by atoms with van der Waals surface area (Å²) in [4.78, 5) is 16.5. The molecule has 0 spiro atoms. The first-order chi connectivity index (χ1) is 9.56. The van der Waals surface area contributed by atoms with E-state index in [1.54, 1.807) is 12.1 Å². The van der Waals surface area contributed by atoms with E-state index in [4.69, 9.17) is 0 Å². The van der Waals surface area contributed by atoms with Crippen molar-refractivity contribution in [1.82, 2.24) is 5.32 Å². The number of aliphatic imine (C=N–C) groups is 1. The van der Waals surface area contributed by atoms with Crippen LogP contribution in [0, 0.1) is 11.7 Å². The molecule has 20 heavy (non-hydrogen) atoms. The Morgan fingerprint density at radius 3 is 2.55 bits per heavy atom. The second-order valence-electron chi connectivity index (χ2n) is 5.01. The van der Waals surface area contributed by atoms with Gasteiger partial charge in [-0.05, 0) is 30.2 Å². The van der Waals surface area contributed by atoms with Crippen LogP contribution in [-0.2, 0) is 4.79 Å². The lowest BCUT2D eigenvalue weighted by Crippen LogP contribution is -2.48. The quantitative estimate of drug-likeness (QED) is 0.871. The number of hydrogen-bond donors (Lipinski definition) is 1. The standard InChI is InChI=1S/C14H13FN4O/c1-7(2)10-11-12(19-18-10)14(20)17-13(16-11)8-3-5-9(15)6-4-8/h3-7,11H,1-2H3,(H,16,17,20). The fourth-order valence-corrected chi connectivity index (χ4v) is 2.18. The number of carbonyl (C=O) groups excluding carboxylic acids is 1. The third kappa shape index (κ3) is 2.03. The number of fused-ring (bicyclic) bond motifs is 1. The maximum Gasteiger partial charge on any atom is 0.275 e. The van der Waals surface area contributed by atoms with Gasteiger partial charge in [-0.1, -0.05) is 13.8 Å². The van der Waals surface area contributed by atoms with Crippen LogP contribution in [0.15, 0.2) is 39.5 Å². The van der Waals surface area contributed by atoms with E-state index >= 15 is 0 Å². The lowest BCUT2D eigenvalue weighted by molar-refractivity contribution is -0.113. The molecule has 2 heterocycles. The highest BCUT2D eigenvalue weighted by Crippen LogP contribution is 2.19. The highest BCUT2D eigenvalue weighted by Gasteiger charge is 2.37. The van der Waals surface area contributed by atoms with Gasteiger partial charge in [-0.2, -0.15) is 5.10 Å². The van der Waals surface area contributed by atoms with Crippen molar-refractivity contribution < 1.29 is 9.18 Å². The zero-order valence-electron chi connectivity index (χ0n) is 11.1. The van der Waals surface area contributed by atoms with Gasteiger partial charge >= 0.3 is 0 Å². The summed E-state index contributed by atoms with van der Waals surface area (Å²) in [6.45, 7) is 3.97. The molecule has 0 saturated carbocycles. The molecule has 2 aliphatic rings. The van der Waals surface area contributed by atoms with E-state index in [1.807, 2.05) is 13.8 Å². The van der Waals surface area contributed by atoms with E-state index in [-0.39, 0.29) is 17.6 Å². The zero-order valence-corrected chi connectivity index (χ0v) is 11.1. The number of nitrogens with one attached hydrogen (secondary N) is 1. The summed E-state index contributed by atoms with van der Waals surface area (Å²) in [5, 5.41) is 10.6. The number of carbonyl (C=O) groups is 1. The molecule has 5 nitrogen and oxygen atoms in total. The molecule has 3 rings (SSSR count). The van der Waals surface area contributed by atoms with Gasteiger partial charge in [0.2, 0.25) is 0 Å². The van der Waals surface area contributed by atoms with Gasteiger partial charge < -0.3 is 5.32 Å². The van der Waals surface area contributed by atoms with Gasteiger partial charge in [0.25, 0.3) is 5.91 Å². The second kappa shape index (κ2) is 4.63. The van der Waals surface area contributed by atoms with E-state index < -0.39 is 6.04 Å². The molecule has 6 heteroatoms. The number of rotatable bonds is 2. The predicted octanol–water partition coefficient (Wildman–Crippen LogP) is 1.54. The van der Waals surface area contributed by atoms with E-state index in [0.717, 1.165) is 5.71 Å². The highest BCUT2D eigenvalue weighted by molar-refractivity contribution is 6.50. The maximum atomic E-state index is 12.9. The molecule has 1 amide bonds. The SMILES string of the molecule is CC(C)C1=NN=C2C(=O)NC(c3ccc(F)cc3)=NC21. The van der Waals surface area contributed by atoms with Crippen LogP contribution >= 0.6 is 0 Å². The molecule has 0 aliphatic carbocycles. The van der Waals surface area contributed by atoms with E-state index in [2.05, 4.69) is 20.5 Å². The molecule has 2 aliphatic heterocycles. The van der Waals surface area contributed by atoms with Crippen LogP contribution < -0.4 is 5.32 Å². The van der Waals surface area contributed by atoms with Gasteiger partial charge in [-0.15, -0.1) is 5.10 Å². The third-order valence-electron chi connectivity index (χ3n) is 3.24. The lowest BCUT2D eigenvalue weighted by atomic mass is 9.96. The van der Waals surface area contributed by atoms with Crippen LogP contribution in [0.2, 0.25) is 0 Å². The predicted molar refractivity (Wildman–Crippen MR) is 74.6 cm³/mol. The second-order valence-corrected chi connectivity index (χ2v) is 5.01. The molecule has 102 valence electrons. The fraction of sp³-hybridized carbons (Fsp3) is 0.286. The first-order valence-electron chi connectivity index (χ1n) is 6.36. The Hall–Kier alpha value is -2.37. The third-order valence-corrected chi connectivity index (χ3v) is 3.24. The van der Waals surface area contributed by atoms with Crippen LogP contribution in [0.5, 0.6) is 0 Å². The number of amidine groups is 1. The Morgan fingerprint density at radius 1 is 1.20 bits per heavy atom. The Labute approximate surface area is 115 Å². The number of benzene rings is 1. The molecular formula is C14H13FN4O. The van der Waals surface area contributed by atoms with Gasteiger partial charge in [-0.25, -0.2) is 4.39 Å². The van der Waals surface area contributed by atoms with Crippen molar-refractivity contribution in [3.8, 4) is 0 Å². The van der Waals surface area contributed by atoms with Crippen LogP contribution in [0.4, 0.5) is 4.39 Å².